The van der Waals surface area contributed by atoms with Gasteiger partial charge in [0.05, 0.1) is 15.4 Å². The fourth-order valence-corrected chi connectivity index (χ4v) is 5.20. The largest absolute Gasteiger partial charge is 0.353 e. The lowest BCUT2D eigenvalue weighted by molar-refractivity contribution is 0.0958. The van der Waals surface area contributed by atoms with E-state index in [9.17, 15) is 4.79 Å². The Hall–Kier alpha value is -2.19. The van der Waals surface area contributed by atoms with E-state index in [1.807, 2.05) is 24.3 Å². The quantitative estimate of drug-likeness (QED) is 0.410. The van der Waals surface area contributed by atoms with Crippen LogP contribution in [0.3, 0.4) is 0 Å². The van der Waals surface area contributed by atoms with Gasteiger partial charge in [-0.15, -0.1) is 11.3 Å². The summed E-state index contributed by atoms with van der Waals surface area (Å²) >= 11 is 13.6. The average Bonchev–Trinajstić information content (AvgIpc) is 3.32. The van der Waals surface area contributed by atoms with Crippen molar-refractivity contribution >= 4 is 46.4 Å². The van der Waals surface area contributed by atoms with E-state index >= 15 is 0 Å². The van der Waals surface area contributed by atoms with Crippen LogP contribution < -0.4 is 10.6 Å². The third kappa shape index (κ3) is 6.90. The second-order valence-corrected chi connectivity index (χ2v) is 9.93. The summed E-state index contributed by atoms with van der Waals surface area (Å²) in [6.07, 6.45) is 6.30. The molecule has 0 aliphatic carbocycles. The van der Waals surface area contributed by atoms with Crippen LogP contribution in [-0.2, 0) is 6.42 Å². The number of likely N-dealkylation sites (tertiary alicyclic amines) is 1. The lowest BCUT2D eigenvalue weighted by atomic mass is 10.1. The van der Waals surface area contributed by atoms with Gasteiger partial charge in [-0.25, -0.2) is 9.97 Å². The molecule has 0 bridgehead atoms. The number of hydrogen-bond donors (Lipinski definition) is 2. The first-order chi connectivity index (χ1) is 16.1. The SMILES string of the molecule is O=C(NCCc1ccc(Cl)cc1Cl)c1ccc(-c2ccnc(NCCN3CCCCC3)n2)s1. The Morgan fingerprint density at radius 3 is 2.73 bits per heavy atom. The minimum Gasteiger partial charge on any atom is -0.353 e. The van der Waals surface area contributed by atoms with Crippen LogP contribution in [0, 0.1) is 0 Å². The molecular weight excluding hydrogens is 477 g/mol. The van der Waals surface area contributed by atoms with Crippen LogP contribution in [0.2, 0.25) is 10.0 Å². The minimum absolute atomic E-state index is 0.106. The maximum absolute atomic E-state index is 12.6. The van der Waals surface area contributed by atoms with Crippen LogP contribution in [0.1, 0.15) is 34.5 Å². The predicted octanol–water partition coefficient (Wildman–Crippen LogP) is 5.38. The molecular formula is C24H27Cl2N5OS. The molecule has 6 nitrogen and oxygen atoms in total. The first-order valence-corrected chi connectivity index (χ1v) is 12.8. The number of amides is 1. The van der Waals surface area contributed by atoms with E-state index in [0.29, 0.717) is 33.8 Å². The maximum Gasteiger partial charge on any atom is 0.261 e. The molecule has 0 atom stereocenters. The highest BCUT2D eigenvalue weighted by Gasteiger charge is 2.13. The molecule has 0 spiro atoms. The molecule has 33 heavy (non-hydrogen) atoms. The molecule has 1 saturated heterocycles. The number of halogens is 2. The van der Waals surface area contributed by atoms with Gasteiger partial charge in [0.2, 0.25) is 5.95 Å². The molecule has 1 amide bonds. The van der Waals surface area contributed by atoms with Crippen molar-refractivity contribution in [2.45, 2.75) is 25.7 Å². The zero-order chi connectivity index (χ0) is 23.0. The van der Waals surface area contributed by atoms with Gasteiger partial charge in [-0.2, -0.15) is 0 Å². The second kappa shape index (κ2) is 11.8. The van der Waals surface area contributed by atoms with Crippen LogP contribution in [0.4, 0.5) is 5.95 Å². The summed E-state index contributed by atoms with van der Waals surface area (Å²) < 4.78 is 0. The van der Waals surface area contributed by atoms with Gasteiger partial charge in [0.1, 0.15) is 0 Å². The molecule has 9 heteroatoms. The third-order valence-corrected chi connectivity index (χ3v) is 7.29. The summed E-state index contributed by atoms with van der Waals surface area (Å²) in [5.74, 6) is 0.508. The lowest BCUT2D eigenvalue weighted by Gasteiger charge is -2.26. The van der Waals surface area contributed by atoms with Crippen molar-refractivity contribution in [2.75, 3.05) is 38.0 Å². The third-order valence-electron chi connectivity index (χ3n) is 5.59. The number of thiophene rings is 1. The molecule has 0 saturated carbocycles. The maximum atomic E-state index is 12.6. The Morgan fingerprint density at radius 1 is 1.06 bits per heavy atom. The van der Waals surface area contributed by atoms with Crippen molar-refractivity contribution in [3.05, 3.63) is 63.1 Å². The number of carbonyl (C=O) groups is 1. The van der Waals surface area contributed by atoms with Crippen LogP contribution in [0.25, 0.3) is 10.6 Å². The van der Waals surface area contributed by atoms with Crippen molar-refractivity contribution in [2.24, 2.45) is 0 Å². The number of hydrogen-bond acceptors (Lipinski definition) is 6. The predicted molar refractivity (Wildman–Crippen MR) is 137 cm³/mol. The number of aromatic nitrogens is 2. The molecule has 1 fully saturated rings. The van der Waals surface area contributed by atoms with E-state index in [0.717, 1.165) is 29.2 Å². The number of anilines is 1. The normalized spacial score (nSPS) is 14.2. The Labute approximate surface area is 208 Å². The summed E-state index contributed by atoms with van der Waals surface area (Å²) in [6, 6.07) is 11.0. The standard InChI is InChI=1S/C24H27Cl2N5OS/c25-18-5-4-17(19(26)16-18)8-10-27-23(32)22-7-6-21(33-22)20-9-11-28-24(30-20)29-12-15-31-13-2-1-3-14-31/h4-7,9,11,16H,1-3,8,10,12-15H2,(H,27,32)(H,28,29,30). The zero-order valence-corrected chi connectivity index (χ0v) is 20.6. The second-order valence-electron chi connectivity index (χ2n) is 8.00. The van der Waals surface area contributed by atoms with E-state index in [-0.39, 0.29) is 5.91 Å². The highest BCUT2D eigenvalue weighted by atomic mass is 35.5. The van der Waals surface area contributed by atoms with Gasteiger partial charge in [-0.3, -0.25) is 4.79 Å². The van der Waals surface area contributed by atoms with Crippen molar-refractivity contribution in [3.63, 3.8) is 0 Å². The fraction of sp³-hybridized carbons (Fsp3) is 0.375. The Morgan fingerprint density at radius 2 is 1.91 bits per heavy atom. The van der Waals surface area contributed by atoms with Crippen molar-refractivity contribution in [1.29, 1.82) is 0 Å². The molecule has 4 rings (SSSR count). The van der Waals surface area contributed by atoms with Crippen LogP contribution >= 0.6 is 34.5 Å². The molecule has 1 aliphatic rings. The summed E-state index contributed by atoms with van der Waals surface area (Å²) in [6.45, 7) is 4.66. The molecule has 3 heterocycles. The number of rotatable bonds is 9. The summed E-state index contributed by atoms with van der Waals surface area (Å²) in [4.78, 5) is 25.6. The number of nitrogens with zero attached hydrogens (tertiary/aromatic N) is 3. The van der Waals surface area contributed by atoms with E-state index in [1.54, 1.807) is 18.3 Å². The molecule has 1 aromatic carbocycles. The van der Waals surface area contributed by atoms with E-state index in [1.165, 1.54) is 43.7 Å². The number of benzene rings is 1. The molecule has 174 valence electrons. The highest BCUT2D eigenvalue weighted by Crippen LogP contribution is 2.27. The van der Waals surface area contributed by atoms with E-state index in [4.69, 9.17) is 23.2 Å². The van der Waals surface area contributed by atoms with Crippen LogP contribution in [0.15, 0.2) is 42.6 Å². The van der Waals surface area contributed by atoms with E-state index < -0.39 is 0 Å². The highest BCUT2D eigenvalue weighted by molar-refractivity contribution is 7.17. The first-order valence-electron chi connectivity index (χ1n) is 11.2. The number of carbonyl (C=O) groups excluding carboxylic acids is 1. The summed E-state index contributed by atoms with van der Waals surface area (Å²) in [5.41, 5.74) is 1.76. The Balaban J connectivity index is 1.29. The van der Waals surface area contributed by atoms with Gasteiger partial charge < -0.3 is 15.5 Å². The van der Waals surface area contributed by atoms with Crippen LogP contribution in [-0.4, -0.2) is 53.5 Å². The van der Waals surface area contributed by atoms with Crippen molar-refractivity contribution in [1.82, 2.24) is 20.2 Å². The molecule has 2 N–H and O–H groups in total. The summed E-state index contributed by atoms with van der Waals surface area (Å²) in [7, 11) is 0. The minimum atomic E-state index is -0.106. The van der Waals surface area contributed by atoms with E-state index in [2.05, 4.69) is 25.5 Å². The molecule has 2 aromatic heterocycles. The average molecular weight is 504 g/mol. The topological polar surface area (TPSA) is 70.2 Å². The van der Waals surface area contributed by atoms with Gasteiger partial charge in [-0.05, 0) is 68.2 Å². The first kappa shape index (κ1) is 24.0. The van der Waals surface area contributed by atoms with Gasteiger partial charge >= 0.3 is 0 Å². The number of nitrogens with one attached hydrogen (secondary N) is 2. The molecule has 3 aromatic rings. The monoisotopic (exact) mass is 503 g/mol. The summed E-state index contributed by atoms with van der Waals surface area (Å²) in [5, 5.41) is 7.49. The van der Waals surface area contributed by atoms with Gasteiger partial charge in [0.25, 0.3) is 5.91 Å². The molecule has 0 unspecified atom stereocenters. The van der Waals surface area contributed by atoms with Crippen molar-refractivity contribution in [3.8, 4) is 10.6 Å². The fourth-order valence-electron chi connectivity index (χ4n) is 3.81. The zero-order valence-electron chi connectivity index (χ0n) is 18.3. The van der Waals surface area contributed by atoms with Gasteiger partial charge in [-0.1, -0.05) is 35.7 Å². The van der Waals surface area contributed by atoms with Crippen LogP contribution in [0.5, 0.6) is 0 Å². The van der Waals surface area contributed by atoms with Crippen molar-refractivity contribution < 1.29 is 4.79 Å². The Kier molecular flexibility index (Phi) is 8.56. The van der Waals surface area contributed by atoms with Gasteiger partial charge in [0, 0.05) is 35.9 Å². The number of piperidine rings is 1. The van der Waals surface area contributed by atoms with Gasteiger partial charge in [0.15, 0.2) is 0 Å². The molecule has 0 radical (unpaired) electrons. The Bertz CT molecular complexity index is 1080. The smallest absolute Gasteiger partial charge is 0.261 e. The lowest BCUT2D eigenvalue weighted by Crippen LogP contribution is -2.33. The molecule has 1 aliphatic heterocycles.